The van der Waals surface area contributed by atoms with E-state index in [1.165, 1.54) is 0 Å². The van der Waals surface area contributed by atoms with Gasteiger partial charge in [0.15, 0.2) is 0 Å². The highest BCUT2D eigenvalue weighted by Crippen LogP contribution is 2.18. The summed E-state index contributed by atoms with van der Waals surface area (Å²) in [5.41, 5.74) is 7.27. The van der Waals surface area contributed by atoms with Gasteiger partial charge in [0.2, 0.25) is 5.91 Å². The number of ether oxygens (including phenoxy) is 1. The van der Waals surface area contributed by atoms with Gasteiger partial charge in [-0.3, -0.25) is 9.89 Å². The number of piperidine rings is 1. The van der Waals surface area contributed by atoms with Gasteiger partial charge in [0.1, 0.15) is 0 Å². The lowest BCUT2D eigenvalue weighted by Gasteiger charge is -2.32. The molecule has 0 bridgehead atoms. The quantitative estimate of drug-likeness (QED) is 0.777. The fourth-order valence-electron chi connectivity index (χ4n) is 3.02. The van der Waals surface area contributed by atoms with E-state index in [-0.39, 0.29) is 24.4 Å². The lowest BCUT2D eigenvalue weighted by molar-refractivity contribution is -0.133. The number of amides is 1. The van der Waals surface area contributed by atoms with Crippen LogP contribution in [0.5, 0.6) is 0 Å². The number of nitrogens with two attached hydrogens (primary N) is 1. The van der Waals surface area contributed by atoms with Crippen LogP contribution in [0.15, 0.2) is 24.3 Å². The lowest BCUT2D eigenvalue weighted by atomic mass is 10.1. The standard InChI is InChI=1S/C17H24N4O2.ClH/c18-8-3-11-23-13-6-9-21(10-7-13)17(22)12-16-14-4-1-2-5-15(14)19-20-16;/h1-2,4-5,13H,3,6-12,18H2,(H,19,20);1H. The molecule has 3 rings (SSSR count). The van der Waals surface area contributed by atoms with Gasteiger partial charge < -0.3 is 15.4 Å². The van der Waals surface area contributed by atoms with E-state index < -0.39 is 0 Å². The zero-order valence-corrected chi connectivity index (χ0v) is 14.6. The van der Waals surface area contributed by atoms with Crippen LogP contribution in [-0.4, -0.2) is 53.3 Å². The molecule has 132 valence electrons. The number of nitrogens with zero attached hydrogens (tertiary/aromatic N) is 2. The molecule has 0 radical (unpaired) electrons. The molecule has 2 aromatic rings. The fraction of sp³-hybridized carbons (Fsp3) is 0.529. The van der Waals surface area contributed by atoms with Crippen molar-refractivity contribution in [2.45, 2.75) is 31.8 Å². The maximum Gasteiger partial charge on any atom is 0.228 e. The molecule has 2 heterocycles. The molecule has 7 heteroatoms. The van der Waals surface area contributed by atoms with Gasteiger partial charge in [0, 0.05) is 25.1 Å². The first-order valence-electron chi connectivity index (χ1n) is 8.29. The first kappa shape index (κ1) is 18.7. The number of aromatic nitrogens is 2. The Morgan fingerprint density at radius 1 is 1.33 bits per heavy atom. The van der Waals surface area contributed by atoms with E-state index in [4.69, 9.17) is 10.5 Å². The van der Waals surface area contributed by atoms with Crippen molar-refractivity contribution in [1.29, 1.82) is 0 Å². The number of likely N-dealkylation sites (tertiary alicyclic amines) is 1. The minimum atomic E-state index is 0. The number of carbonyl (C=O) groups is 1. The molecule has 1 aromatic carbocycles. The number of hydrogen-bond acceptors (Lipinski definition) is 4. The molecule has 0 atom stereocenters. The average molecular weight is 353 g/mol. The highest BCUT2D eigenvalue weighted by molar-refractivity contribution is 5.87. The Balaban J connectivity index is 0.00000208. The summed E-state index contributed by atoms with van der Waals surface area (Å²) in [6, 6.07) is 7.86. The molecule has 0 aliphatic carbocycles. The number of benzene rings is 1. The molecule has 1 aromatic heterocycles. The topological polar surface area (TPSA) is 84.2 Å². The Morgan fingerprint density at radius 3 is 2.83 bits per heavy atom. The Bertz CT molecular complexity index is 653. The predicted molar refractivity (Wildman–Crippen MR) is 96.3 cm³/mol. The van der Waals surface area contributed by atoms with Crippen molar-refractivity contribution in [3.05, 3.63) is 30.0 Å². The Hall–Kier alpha value is -1.63. The molecule has 3 N–H and O–H groups in total. The summed E-state index contributed by atoms with van der Waals surface area (Å²) in [5.74, 6) is 0.153. The van der Waals surface area contributed by atoms with Crippen LogP contribution in [-0.2, 0) is 16.0 Å². The zero-order valence-electron chi connectivity index (χ0n) is 13.7. The monoisotopic (exact) mass is 352 g/mol. The molecule has 1 fully saturated rings. The van der Waals surface area contributed by atoms with Crippen LogP contribution in [0.2, 0.25) is 0 Å². The first-order valence-corrected chi connectivity index (χ1v) is 8.29. The summed E-state index contributed by atoms with van der Waals surface area (Å²) < 4.78 is 5.78. The molecule has 0 saturated carbocycles. The van der Waals surface area contributed by atoms with E-state index in [9.17, 15) is 4.79 Å². The van der Waals surface area contributed by atoms with E-state index in [2.05, 4.69) is 10.2 Å². The van der Waals surface area contributed by atoms with E-state index in [1.807, 2.05) is 29.2 Å². The minimum Gasteiger partial charge on any atom is -0.378 e. The van der Waals surface area contributed by atoms with E-state index in [0.29, 0.717) is 13.0 Å². The largest absolute Gasteiger partial charge is 0.378 e. The number of rotatable bonds is 6. The molecule has 1 amide bonds. The van der Waals surface area contributed by atoms with Crippen molar-refractivity contribution < 1.29 is 9.53 Å². The van der Waals surface area contributed by atoms with Crippen LogP contribution >= 0.6 is 12.4 Å². The highest BCUT2D eigenvalue weighted by Gasteiger charge is 2.23. The number of para-hydroxylation sites is 1. The number of hydrogen-bond donors (Lipinski definition) is 2. The third-order valence-corrected chi connectivity index (χ3v) is 4.37. The van der Waals surface area contributed by atoms with Crippen LogP contribution in [0, 0.1) is 0 Å². The molecular formula is C17H25ClN4O2. The maximum absolute atomic E-state index is 12.5. The minimum absolute atomic E-state index is 0. The Kier molecular flexibility index (Phi) is 7.02. The first-order chi connectivity index (χ1) is 11.3. The molecule has 24 heavy (non-hydrogen) atoms. The van der Waals surface area contributed by atoms with Gasteiger partial charge in [-0.25, -0.2) is 0 Å². The third-order valence-electron chi connectivity index (χ3n) is 4.37. The SMILES string of the molecule is Cl.NCCCOC1CCN(C(=O)Cc2[nH]nc3ccccc23)CC1. The molecular weight excluding hydrogens is 328 g/mol. The Labute approximate surface area is 148 Å². The van der Waals surface area contributed by atoms with Crippen molar-refractivity contribution in [2.24, 2.45) is 5.73 Å². The van der Waals surface area contributed by atoms with Gasteiger partial charge >= 0.3 is 0 Å². The van der Waals surface area contributed by atoms with Crippen LogP contribution in [0.3, 0.4) is 0 Å². The normalized spacial score (nSPS) is 15.5. The van der Waals surface area contributed by atoms with Crippen LogP contribution in [0.25, 0.3) is 10.9 Å². The van der Waals surface area contributed by atoms with E-state index in [0.717, 1.165) is 55.6 Å². The molecule has 1 saturated heterocycles. The van der Waals surface area contributed by atoms with Gasteiger partial charge in [0.25, 0.3) is 0 Å². The van der Waals surface area contributed by atoms with Gasteiger partial charge in [-0.2, -0.15) is 5.10 Å². The van der Waals surface area contributed by atoms with Gasteiger partial charge in [-0.15, -0.1) is 12.4 Å². The summed E-state index contributed by atoms with van der Waals surface area (Å²) >= 11 is 0. The zero-order chi connectivity index (χ0) is 16.1. The molecule has 1 aliphatic rings. The molecule has 1 aliphatic heterocycles. The molecule has 0 unspecified atom stereocenters. The number of aromatic amines is 1. The summed E-state index contributed by atoms with van der Waals surface area (Å²) in [6.07, 6.45) is 3.34. The average Bonchev–Trinajstić information content (AvgIpc) is 2.99. The van der Waals surface area contributed by atoms with Crippen LogP contribution in [0.4, 0.5) is 0 Å². The number of nitrogens with one attached hydrogen (secondary N) is 1. The number of halogens is 1. The summed E-state index contributed by atoms with van der Waals surface area (Å²) in [7, 11) is 0. The predicted octanol–water partition coefficient (Wildman–Crippen LogP) is 1.88. The maximum atomic E-state index is 12.5. The molecule has 6 nitrogen and oxygen atoms in total. The second kappa shape index (κ2) is 9.01. The third kappa shape index (κ3) is 4.47. The van der Waals surface area contributed by atoms with Gasteiger partial charge in [-0.1, -0.05) is 18.2 Å². The van der Waals surface area contributed by atoms with Crippen molar-refractivity contribution in [2.75, 3.05) is 26.2 Å². The van der Waals surface area contributed by atoms with E-state index in [1.54, 1.807) is 0 Å². The Morgan fingerprint density at radius 2 is 2.08 bits per heavy atom. The highest BCUT2D eigenvalue weighted by atomic mass is 35.5. The smallest absolute Gasteiger partial charge is 0.228 e. The number of H-pyrrole nitrogens is 1. The lowest BCUT2D eigenvalue weighted by Crippen LogP contribution is -2.41. The van der Waals surface area contributed by atoms with E-state index >= 15 is 0 Å². The molecule has 0 spiro atoms. The number of fused-ring (bicyclic) bond motifs is 1. The fourth-order valence-corrected chi connectivity index (χ4v) is 3.02. The second-order valence-electron chi connectivity index (χ2n) is 5.99. The van der Waals surface area contributed by atoms with Crippen molar-refractivity contribution in [3.8, 4) is 0 Å². The van der Waals surface area contributed by atoms with Crippen molar-refractivity contribution in [1.82, 2.24) is 15.1 Å². The summed E-state index contributed by atoms with van der Waals surface area (Å²) in [4.78, 5) is 14.4. The number of carbonyl (C=O) groups excluding carboxylic acids is 1. The summed E-state index contributed by atoms with van der Waals surface area (Å²) in [6.45, 7) is 2.90. The van der Waals surface area contributed by atoms with Crippen molar-refractivity contribution >= 4 is 29.2 Å². The van der Waals surface area contributed by atoms with Gasteiger partial charge in [0.05, 0.1) is 23.7 Å². The van der Waals surface area contributed by atoms with Crippen LogP contribution < -0.4 is 5.73 Å². The summed E-state index contributed by atoms with van der Waals surface area (Å²) in [5, 5.41) is 8.27. The van der Waals surface area contributed by atoms with Gasteiger partial charge in [-0.05, 0) is 31.9 Å². The van der Waals surface area contributed by atoms with Crippen molar-refractivity contribution in [3.63, 3.8) is 0 Å². The van der Waals surface area contributed by atoms with Crippen LogP contribution in [0.1, 0.15) is 25.0 Å². The second-order valence-corrected chi connectivity index (χ2v) is 5.99.